The number of nitrogens with one attached hydrogen (secondary N) is 6. The summed E-state index contributed by atoms with van der Waals surface area (Å²) in [7, 11) is 0. The van der Waals surface area contributed by atoms with E-state index in [0.717, 1.165) is 0 Å². The molecule has 11 N–H and O–H groups in total. The fourth-order valence-electron chi connectivity index (χ4n) is 5.13. The predicted octanol–water partition coefficient (Wildman–Crippen LogP) is -0.109. The Labute approximate surface area is 324 Å². The summed E-state index contributed by atoms with van der Waals surface area (Å²) >= 11 is 1.24. The lowest BCUT2D eigenvalue weighted by atomic mass is 10.1. The monoisotopic (exact) mass is 788 g/mol. The first kappa shape index (κ1) is 46.1. The minimum absolute atomic E-state index is 0.00176. The van der Waals surface area contributed by atoms with E-state index in [1.165, 1.54) is 36.0 Å². The number of aliphatic carboxylic acids is 1. The van der Waals surface area contributed by atoms with Crippen molar-refractivity contribution < 1.29 is 43.1 Å². The van der Waals surface area contributed by atoms with Gasteiger partial charge in [0.1, 0.15) is 24.8 Å². The zero-order valence-corrected chi connectivity index (χ0v) is 31.6. The van der Waals surface area contributed by atoms with Crippen molar-refractivity contribution in [2.75, 3.05) is 44.2 Å². The maximum atomic E-state index is 13.2. The molecule has 2 aromatic carbocycles. The van der Waals surface area contributed by atoms with Crippen LogP contribution in [0.2, 0.25) is 0 Å². The number of hydrogen-bond acceptors (Lipinski definition) is 10. The largest absolute Gasteiger partial charge is 0.480 e. The molecule has 0 aromatic heterocycles. The summed E-state index contributed by atoms with van der Waals surface area (Å²) in [6.07, 6.45) is 2.69. The number of amides is 6. The number of carbonyl (C=O) groups is 7. The molecule has 3 atom stereocenters. The van der Waals surface area contributed by atoms with Gasteiger partial charge in [-0.3, -0.25) is 28.8 Å². The highest BCUT2D eigenvalue weighted by Crippen LogP contribution is 2.08. The number of carboxylic acid groups (broad SMARTS) is 1. The zero-order valence-electron chi connectivity index (χ0n) is 30.8. The van der Waals surface area contributed by atoms with Crippen LogP contribution in [0.1, 0.15) is 60.0 Å². The Hall–Kier alpha value is -5.07. The minimum atomic E-state index is -1.22. The molecule has 0 fully saturated rings. The first-order valence-electron chi connectivity index (χ1n) is 18.1. The molecule has 0 aliphatic rings. The third-order valence-electron chi connectivity index (χ3n) is 8.10. The van der Waals surface area contributed by atoms with Crippen LogP contribution in [0.5, 0.6) is 0 Å². The summed E-state index contributed by atoms with van der Waals surface area (Å²) < 4.78 is 12.7. The highest BCUT2D eigenvalue weighted by atomic mass is 32.2. The van der Waals surface area contributed by atoms with Crippen molar-refractivity contribution in [3.8, 4) is 0 Å². The molecule has 6 amide bonds. The van der Waals surface area contributed by atoms with Crippen LogP contribution in [0.15, 0.2) is 54.6 Å². The average molecular weight is 789 g/mol. The topological polar surface area (TPSA) is 264 Å². The average Bonchev–Trinajstić information content (AvgIpc) is 3.18. The highest BCUT2D eigenvalue weighted by molar-refractivity contribution is 7.99. The number of carbonyl (C=O) groups excluding carboxylic acids is 6. The molecular formula is C37H53FN8O8S. The number of alkyl halides is 1. The summed E-state index contributed by atoms with van der Waals surface area (Å²) in [5.74, 6) is -4.31. The van der Waals surface area contributed by atoms with Crippen molar-refractivity contribution in [3.63, 3.8) is 0 Å². The van der Waals surface area contributed by atoms with Crippen LogP contribution in [-0.2, 0) is 41.9 Å². The molecule has 0 saturated heterocycles. The first-order valence-corrected chi connectivity index (χ1v) is 19.2. The molecule has 0 spiro atoms. The fourth-order valence-corrected chi connectivity index (χ4v) is 5.79. The maximum Gasteiger partial charge on any atom is 0.326 e. The van der Waals surface area contributed by atoms with Gasteiger partial charge in [-0.1, -0.05) is 42.5 Å². The van der Waals surface area contributed by atoms with Gasteiger partial charge in [0.15, 0.2) is 0 Å². The van der Waals surface area contributed by atoms with Gasteiger partial charge in [-0.25, -0.2) is 9.18 Å². The van der Waals surface area contributed by atoms with Crippen LogP contribution in [0.4, 0.5) is 4.39 Å². The van der Waals surface area contributed by atoms with Gasteiger partial charge in [0.25, 0.3) is 5.91 Å². The van der Waals surface area contributed by atoms with Crippen LogP contribution in [0.3, 0.4) is 0 Å². The molecule has 0 radical (unpaired) electrons. The number of thioether (sulfide) groups is 1. The molecule has 0 heterocycles. The number of nitrogens with two attached hydrogens (primary N) is 2. The lowest BCUT2D eigenvalue weighted by molar-refractivity contribution is -0.142. The third-order valence-corrected chi connectivity index (χ3v) is 9.05. The molecule has 2 rings (SSSR count). The van der Waals surface area contributed by atoms with Crippen molar-refractivity contribution in [2.24, 2.45) is 11.5 Å². The van der Waals surface area contributed by atoms with Crippen molar-refractivity contribution in [2.45, 2.75) is 69.7 Å². The van der Waals surface area contributed by atoms with Crippen molar-refractivity contribution in [3.05, 3.63) is 71.3 Å². The zero-order chi connectivity index (χ0) is 40.4. The molecule has 302 valence electrons. The number of benzene rings is 2. The van der Waals surface area contributed by atoms with E-state index in [4.69, 9.17) is 11.5 Å². The van der Waals surface area contributed by atoms with E-state index in [2.05, 4.69) is 31.9 Å². The molecule has 55 heavy (non-hydrogen) atoms. The molecule has 16 nitrogen and oxygen atoms in total. The van der Waals surface area contributed by atoms with Gasteiger partial charge in [0, 0.05) is 24.3 Å². The van der Waals surface area contributed by atoms with Crippen molar-refractivity contribution in [1.29, 1.82) is 0 Å². The Morgan fingerprint density at radius 1 is 0.655 bits per heavy atom. The second-order valence-electron chi connectivity index (χ2n) is 12.5. The van der Waals surface area contributed by atoms with E-state index in [1.807, 2.05) is 0 Å². The van der Waals surface area contributed by atoms with Crippen LogP contribution in [-0.4, -0.2) is 109 Å². The van der Waals surface area contributed by atoms with Crippen molar-refractivity contribution >= 4 is 53.2 Å². The Bertz CT molecular complexity index is 1540. The summed E-state index contributed by atoms with van der Waals surface area (Å²) in [5.41, 5.74) is 12.6. The van der Waals surface area contributed by atoms with Crippen LogP contribution in [0, 0.1) is 0 Å². The first-order chi connectivity index (χ1) is 26.5. The molecule has 18 heteroatoms. The Kier molecular flexibility index (Phi) is 22.3. The number of hydrogen-bond donors (Lipinski definition) is 9. The van der Waals surface area contributed by atoms with E-state index in [1.54, 1.807) is 30.3 Å². The normalized spacial score (nSPS) is 12.3. The van der Waals surface area contributed by atoms with Gasteiger partial charge in [0.2, 0.25) is 29.5 Å². The summed E-state index contributed by atoms with van der Waals surface area (Å²) in [5, 5.41) is 24.7. The van der Waals surface area contributed by atoms with Gasteiger partial charge in [-0.15, -0.1) is 0 Å². The third kappa shape index (κ3) is 19.2. The molecule has 0 aliphatic heterocycles. The lowest BCUT2D eigenvalue weighted by Gasteiger charge is -2.21. The molecular weight excluding hydrogens is 736 g/mol. The number of unbranched alkanes of at least 4 members (excludes halogenated alkanes) is 2. The van der Waals surface area contributed by atoms with Crippen LogP contribution >= 0.6 is 11.8 Å². The van der Waals surface area contributed by atoms with Gasteiger partial charge in [-0.05, 0) is 74.9 Å². The van der Waals surface area contributed by atoms with Crippen LogP contribution < -0.4 is 43.4 Å². The van der Waals surface area contributed by atoms with Gasteiger partial charge in [0.05, 0.1) is 18.8 Å². The highest BCUT2D eigenvalue weighted by Gasteiger charge is 2.25. The van der Waals surface area contributed by atoms with E-state index in [0.29, 0.717) is 61.2 Å². The Balaban J connectivity index is 1.90. The van der Waals surface area contributed by atoms with Crippen molar-refractivity contribution in [1.82, 2.24) is 31.9 Å². The quantitative estimate of drug-likeness (QED) is 0.0540. The van der Waals surface area contributed by atoms with E-state index >= 15 is 0 Å². The Morgan fingerprint density at radius 3 is 1.76 bits per heavy atom. The lowest BCUT2D eigenvalue weighted by Crippen LogP contribution is -2.54. The SMILES string of the molecule is NCCCCC(NC(=O)CNC(=O)C(Cc1ccccc1)NC(=O)CNC(=O)C(CCCCN)NC(=O)CSCCNC(=O)c1ccc(CF)cc1)C(=O)O. The summed E-state index contributed by atoms with van der Waals surface area (Å²) in [6.45, 7) is -0.640. The predicted molar refractivity (Wildman–Crippen MR) is 206 cm³/mol. The maximum absolute atomic E-state index is 13.2. The van der Waals surface area contributed by atoms with Gasteiger partial charge >= 0.3 is 5.97 Å². The smallest absolute Gasteiger partial charge is 0.326 e. The molecule has 2 aromatic rings. The van der Waals surface area contributed by atoms with Gasteiger partial charge in [-0.2, -0.15) is 11.8 Å². The molecule has 0 bridgehead atoms. The van der Waals surface area contributed by atoms with Crippen LogP contribution in [0.25, 0.3) is 0 Å². The standard InChI is InChI=1S/C37H53FN8O8S/c38-21-26-12-14-27(15-13-26)34(50)41-18-19-55-24-33(49)44-28(10-4-6-16-39)35(51)42-23-32(48)46-30(20-25-8-2-1-3-9-25)36(52)43-22-31(47)45-29(37(53)54)11-5-7-17-40/h1-3,8-9,12-15,28-30H,4-7,10-11,16-24,39-40H2,(H,41,50)(H,42,51)(H,43,52)(H,44,49)(H,45,47)(H,46,48)(H,53,54). The number of rotatable bonds is 27. The number of halogens is 1. The van der Waals surface area contributed by atoms with E-state index < -0.39 is 73.4 Å². The molecule has 0 aliphatic carbocycles. The van der Waals surface area contributed by atoms with E-state index in [9.17, 15) is 43.1 Å². The molecule has 3 unspecified atom stereocenters. The second kappa shape index (κ2) is 26.7. The second-order valence-corrected chi connectivity index (χ2v) is 13.6. The fraction of sp³-hybridized carbons (Fsp3) is 0.486. The summed E-state index contributed by atoms with van der Waals surface area (Å²) in [4.78, 5) is 88.3. The van der Waals surface area contributed by atoms with E-state index in [-0.39, 0.29) is 37.5 Å². The number of carboxylic acids is 1. The minimum Gasteiger partial charge on any atom is -0.480 e. The summed E-state index contributed by atoms with van der Waals surface area (Å²) in [6, 6.07) is 11.6. The molecule has 0 saturated carbocycles. The van der Waals surface area contributed by atoms with Gasteiger partial charge < -0.3 is 48.5 Å². The Morgan fingerprint density at radius 2 is 1.20 bits per heavy atom.